The summed E-state index contributed by atoms with van der Waals surface area (Å²) in [5, 5.41) is 0. The monoisotopic (exact) mass is 244 g/mol. The minimum Gasteiger partial charge on any atom is -0.465 e. The van der Waals surface area contributed by atoms with E-state index in [1.165, 1.54) is 31.4 Å². The molecule has 0 saturated heterocycles. The maximum Gasteiger partial charge on any atom is 0.393 e. The van der Waals surface area contributed by atoms with E-state index in [0.29, 0.717) is 0 Å². The topological polar surface area (TPSA) is 26.3 Å². The van der Waals surface area contributed by atoms with Crippen molar-refractivity contribution in [1.29, 1.82) is 0 Å². The first kappa shape index (κ1) is 13.3. The van der Waals surface area contributed by atoms with Crippen LogP contribution in [0.2, 0.25) is 0 Å². The molecule has 0 radical (unpaired) electrons. The van der Waals surface area contributed by atoms with Gasteiger partial charge in [-0.1, -0.05) is 18.7 Å². The molecule has 0 bridgehead atoms. The first-order chi connectivity index (χ1) is 7.87. The quantitative estimate of drug-likeness (QED) is 0.763. The van der Waals surface area contributed by atoms with Crippen LogP contribution in [0.1, 0.15) is 21.5 Å². The molecular weight excluding hydrogens is 233 g/mol. The lowest BCUT2D eigenvalue weighted by atomic mass is 10.0. The van der Waals surface area contributed by atoms with Crippen molar-refractivity contribution in [3.63, 3.8) is 0 Å². The fraction of sp³-hybridized carbons (Fsp3) is 0.250. The van der Waals surface area contributed by atoms with Gasteiger partial charge >= 0.3 is 12.1 Å². The summed E-state index contributed by atoms with van der Waals surface area (Å²) in [7, 11) is 1.21. The second-order valence-electron chi connectivity index (χ2n) is 3.40. The first-order valence-corrected chi connectivity index (χ1v) is 4.78. The molecule has 0 fully saturated rings. The molecule has 0 saturated carbocycles. The van der Waals surface area contributed by atoms with Gasteiger partial charge in [0.1, 0.15) is 0 Å². The Hall–Kier alpha value is -1.78. The standard InChI is InChI=1S/C12H11F3O2/c1-3-8-6-9(11(16)17-2)4-5-10(8)7-12(13,14)15/h3-6H,1,7H2,2H3. The normalized spacial score (nSPS) is 11.1. The van der Waals surface area contributed by atoms with Crippen LogP contribution in [-0.2, 0) is 11.2 Å². The molecule has 0 atom stereocenters. The molecule has 1 aromatic carbocycles. The molecule has 0 aromatic heterocycles. The summed E-state index contributed by atoms with van der Waals surface area (Å²) in [6.07, 6.45) is -4.05. The Balaban J connectivity index is 3.10. The SMILES string of the molecule is C=Cc1cc(C(=O)OC)ccc1CC(F)(F)F. The summed E-state index contributed by atoms with van der Waals surface area (Å²) >= 11 is 0. The predicted octanol–water partition coefficient (Wildman–Crippen LogP) is 3.22. The van der Waals surface area contributed by atoms with Crippen LogP contribution in [-0.4, -0.2) is 19.3 Å². The third-order valence-electron chi connectivity index (χ3n) is 2.18. The highest BCUT2D eigenvalue weighted by Crippen LogP contribution is 2.24. The van der Waals surface area contributed by atoms with Crippen LogP contribution in [0, 0.1) is 0 Å². The molecule has 0 spiro atoms. The van der Waals surface area contributed by atoms with Crippen molar-refractivity contribution in [1.82, 2.24) is 0 Å². The van der Waals surface area contributed by atoms with Gasteiger partial charge in [0.25, 0.3) is 0 Å². The van der Waals surface area contributed by atoms with Crippen LogP contribution in [0.3, 0.4) is 0 Å². The molecule has 1 aromatic rings. The third kappa shape index (κ3) is 3.62. The number of rotatable bonds is 3. The average molecular weight is 244 g/mol. The molecule has 0 aliphatic carbocycles. The second kappa shape index (κ2) is 5.03. The van der Waals surface area contributed by atoms with E-state index >= 15 is 0 Å². The van der Waals surface area contributed by atoms with Gasteiger partial charge in [0, 0.05) is 0 Å². The van der Waals surface area contributed by atoms with Crippen molar-refractivity contribution in [2.75, 3.05) is 7.11 Å². The largest absolute Gasteiger partial charge is 0.465 e. The summed E-state index contributed by atoms with van der Waals surface area (Å²) in [6, 6.07) is 3.90. The maximum absolute atomic E-state index is 12.3. The summed E-state index contributed by atoms with van der Waals surface area (Å²) in [5.74, 6) is -0.591. The Morgan fingerprint density at radius 3 is 2.59 bits per heavy atom. The van der Waals surface area contributed by atoms with Crippen LogP contribution < -0.4 is 0 Å². The van der Waals surface area contributed by atoms with Crippen LogP contribution >= 0.6 is 0 Å². The van der Waals surface area contributed by atoms with Crippen LogP contribution in [0.5, 0.6) is 0 Å². The number of alkyl halides is 3. The molecule has 0 amide bonds. The molecule has 5 heteroatoms. The van der Waals surface area contributed by atoms with Crippen LogP contribution in [0.15, 0.2) is 24.8 Å². The van der Waals surface area contributed by atoms with Gasteiger partial charge < -0.3 is 4.74 Å². The lowest BCUT2D eigenvalue weighted by molar-refractivity contribution is -0.127. The number of hydrogen-bond donors (Lipinski definition) is 0. The lowest BCUT2D eigenvalue weighted by Gasteiger charge is -2.10. The predicted molar refractivity (Wildman–Crippen MR) is 57.6 cm³/mol. The molecule has 17 heavy (non-hydrogen) atoms. The smallest absolute Gasteiger partial charge is 0.393 e. The fourth-order valence-electron chi connectivity index (χ4n) is 1.41. The van der Waals surface area contributed by atoms with Crippen molar-refractivity contribution < 1.29 is 22.7 Å². The van der Waals surface area contributed by atoms with Gasteiger partial charge in [-0.05, 0) is 23.3 Å². The summed E-state index contributed by atoms with van der Waals surface area (Å²) in [5.41, 5.74) is 0.568. The lowest BCUT2D eigenvalue weighted by Crippen LogP contribution is -2.13. The second-order valence-corrected chi connectivity index (χ2v) is 3.40. The molecule has 0 unspecified atom stereocenters. The van der Waals surface area contributed by atoms with Crippen molar-refractivity contribution >= 4 is 12.0 Å². The van der Waals surface area contributed by atoms with Gasteiger partial charge in [0.15, 0.2) is 0 Å². The molecule has 2 nitrogen and oxygen atoms in total. The summed E-state index contributed by atoms with van der Waals surface area (Å²) in [6.45, 7) is 3.43. The number of carbonyl (C=O) groups is 1. The Labute approximate surface area is 96.7 Å². The van der Waals surface area contributed by atoms with Gasteiger partial charge in [0.2, 0.25) is 0 Å². The molecular formula is C12H11F3O2. The van der Waals surface area contributed by atoms with Gasteiger partial charge in [-0.15, -0.1) is 0 Å². The van der Waals surface area contributed by atoms with E-state index in [0.717, 1.165) is 0 Å². The van der Waals surface area contributed by atoms with Crippen molar-refractivity contribution in [2.24, 2.45) is 0 Å². The highest BCUT2D eigenvalue weighted by molar-refractivity contribution is 5.90. The number of ether oxygens (including phenoxy) is 1. The van der Waals surface area contributed by atoms with Gasteiger partial charge in [-0.3, -0.25) is 0 Å². The minimum atomic E-state index is -4.29. The van der Waals surface area contributed by atoms with E-state index in [1.54, 1.807) is 0 Å². The molecule has 0 aliphatic rings. The number of halogens is 3. The van der Waals surface area contributed by atoms with Gasteiger partial charge in [-0.2, -0.15) is 13.2 Å². The number of esters is 1. The van der Waals surface area contributed by atoms with E-state index in [-0.39, 0.29) is 16.7 Å². The summed E-state index contributed by atoms with van der Waals surface area (Å²) in [4.78, 5) is 11.2. The molecule has 0 N–H and O–H groups in total. The highest BCUT2D eigenvalue weighted by Gasteiger charge is 2.28. The Kier molecular flexibility index (Phi) is 3.93. The highest BCUT2D eigenvalue weighted by atomic mass is 19.4. The zero-order valence-electron chi connectivity index (χ0n) is 9.17. The van der Waals surface area contributed by atoms with E-state index in [1.807, 2.05) is 0 Å². The minimum absolute atomic E-state index is 0.0835. The zero-order chi connectivity index (χ0) is 13.1. The van der Waals surface area contributed by atoms with E-state index in [2.05, 4.69) is 11.3 Å². The van der Waals surface area contributed by atoms with E-state index in [4.69, 9.17) is 0 Å². The maximum atomic E-state index is 12.3. The molecule has 0 heterocycles. The third-order valence-corrected chi connectivity index (χ3v) is 2.18. The fourth-order valence-corrected chi connectivity index (χ4v) is 1.41. The summed E-state index contributed by atoms with van der Waals surface area (Å²) < 4.78 is 41.3. The van der Waals surface area contributed by atoms with Crippen LogP contribution in [0.4, 0.5) is 13.2 Å². The van der Waals surface area contributed by atoms with Crippen molar-refractivity contribution in [3.05, 3.63) is 41.5 Å². The molecule has 1 rings (SSSR count). The van der Waals surface area contributed by atoms with Gasteiger partial charge in [-0.25, -0.2) is 4.79 Å². The molecule has 0 aliphatic heterocycles. The van der Waals surface area contributed by atoms with Crippen LogP contribution in [0.25, 0.3) is 6.08 Å². The number of benzene rings is 1. The number of carbonyl (C=O) groups excluding carboxylic acids is 1. The molecule has 92 valence electrons. The van der Waals surface area contributed by atoms with Crippen molar-refractivity contribution in [2.45, 2.75) is 12.6 Å². The van der Waals surface area contributed by atoms with E-state index < -0.39 is 18.6 Å². The van der Waals surface area contributed by atoms with Gasteiger partial charge in [0.05, 0.1) is 19.1 Å². The van der Waals surface area contributed by atoms with Crippen molar-refractivity contribution in [3.8, 4) is 0 Å². The first-order valence-electron chi connectivity index (χ1n) is 4.78. The Morgan fingerprint density at radius 2 is 2.12 bits per heavy atom. The number of methoxy groups -OCH3 is 1. The Bertz CT molecular complexity index is 436. The zero-order valence-corrected chi connectivity index (χ0v) is 9.17. The Morgan fingerprint density at radius 1 is 1.47 bits per heavy atom. The number of hydrogen-bond acceptors (Lipinski definition) is 2. The average Bonchev–Trinajstić information content (AvgIpc) is 2.26. The van der Waals surface area contributed by atoms with E-state index in [9.17, 15) is 18.0 Å².